The normalized spacial score (nSPS) is 11.9. The predicted molar refractivity (Wildman–Crippen MR) is 80.8 cm³/mol. The van der Waals surface area contributed by atoms with Crippen LogP contribution in [0.2, 0.25) is 0 Å². The average Bonchev–Trinajstić information content (AvgIpc) is 2.38. The maximum Gasteiger partial charge on any atom is 0.253 e. The van der Waals surface area contributed by atoms with Crippen molar-refractivity contribution in [2.45, 2.75) is 13.0 Å². The molecular formula is C15H14BrFN2O. The summed E-state index contributed by atoms with van der Waals surface area (Å²) in [5.41, 5.74) is 6.99. The first-order chi connectivity index (χ1) is 9.49. The van der Waals surface area contributed by atoms with Gasteiger partial charge in [-0.3, -0.25) is 4.79 Å². The maximum absolute atomic E-state index is 13.6. The summed E-state index contributed by atoms with van der Waals surface area (Å²) in [6.07, 6.45) is 0. The van der Waals surface area contributed by atoms with Crippen LogP contribution in [0, 0.1) is 5.82 Å². The molecule has 2 aromatic carbocycles. The Kier molecular flexibility index (Phi) is 4.39. The molecule has 3 N–H and O–H groups in total. The third-order valence-electron chi connectivity index (χ3n) is 2.98. The Morgan fingerprint density at radius 3 is 2.65 bits per heavy atom. The molecule has 0 aliphatic carbocycles. The van der Waals surface area contributed by atoms with Crippen LogP contribution in [0.25, 0.3) is 0 Å². The summed E-state index contributed by atoms with van der Waals surface area (Å²) in [5.74, 6) is -0.671. The van der Waals surface area contributed by atoms with Gasteiger partial charge in [-0.05, 0) is 31.2 Å². The van der Waals surface area contributed by atoms with Crippen LogP contribution >= 0.6 is 15.9 Å². The molecule has 0 radical (unpaired) electrons. The number of nitrogens with two attached hydrogens (primary N) is 1. The van der Waals surface area contributed by atoms with Gasteiger partial charge in [-0.2, -0.15) is 0 Å². The van der Waals surface area contributed by atoms with Gasteiger partial charge in [0, 0.05) is 15.7 Å². The number of anilines is 1. The van der Waals surface area contributed by atoms with Gasteiger partial charge in [0.05, 0.1) is 11.6 Å². The van der Waals surface area contributed by atoms with Gasteiger partial charge in [-0.25, -0.2) is 4.39 Å². The molecule has 0 saturated carbocycles. The smallest absolute Gasteiger partial charge is 0.253 e. The second-order valence-corrected chi connectivity index (χ2v) is 5.36. The number of rotatable bonds is 3. The molecule has 0 saturated heterocycles. The number of hydrogen-bond acceptors (Lipinski definition) is 2. The van der Waals surface area contributed by atoms with Crippen molar-refractivity contribution in [1.29, 1.82) is 0 Å². The highest BCUT2D eigenvalue weighted by Gasteiger charge is 2.16. The van der Waals surface area contributed by atoms with Crippen LogP contribution < -0.4 is 11.1 Å². The highest BCUT2D eigenvalue weighted by molar-refractivity contribution is 9.10. The van der Waals surface area contributed by atoms with Gasteiger partial charge < -0.3 is 11.1 Å². The van der Waals surface area contributed by atoms with E-state index in [1.807, 2.05) is 0 Å². The topological polar surface area (TPSA) is 55.1 Å². The summed E-state index contributed by atoms with van der Waals surface area (Å²) in [6, 6.07) is 10.9. The van der Waals surface area contributed by atoms with Crippen LogP contribution in [-0.4, -0.2) is 5.91 Å². The van der Waals surface area contributed by atoms with Gasteiger partial charge in [-0.15, -0.1) is 0 Å². The van der Waals surface area contributed by atoms with Crippen molar-refractivity contribution in [2.24, 2.45) is 0 Å². The van der Waals surface area contributed by atoms with E-state index in [0.717, 1.165) is 4.47 Å². The van der Waals surface area contributed by atoms with Gasteiger partial charge >= 0.3 is 0 Å². The zero-order valence-electron chi connectivity index (χ0n) is 10.9. The lowest BCUT2D eigenvalue weighted by Crippen LogP contribution is -2.27. The van der Waals surface area contributed by atoms with E-state index in [0.29, 0.717) is 16.8 Å². The lowest BCUT2D eigenvalue weighted by molar-refractivity contribution is 0.0940. The highest BCUT2D eigenvalue weighted by atomic mass is 79.9. The van der Waals surface area contributed by atoms with Gasteiger partial charge in [0.25, 0.3) is 5.91 Å². The largest absolute Gasteiger partial charge is 0.398 e. The van der Waals surface area contributed by atoms with Crippen molar-refractivity contribution in [2.75, 3.05) is 5.73 Å². The molecule has 5 heteroatoms. The first kappa shape index (κ1) is 14.5. The zero-order valence-corrected chi connectivity index (χ0v) is 12.4. The van der Waals surface area contributed by atoms with Gasteiger partial charge in [0.1, 0.15) is 5.82 Å². The summed E-state index contributed by atoms with van der Waals surface area (Å²) in [6.45, 7) is 1.73. The van der Waals surface area contributed by atoms with E-state index in [9.17, 15) is 9.18 Å². The zero-order chi connectivity index (χ0) is 14.7. The molecule has 0 fully saturated rings. The van der Waals surface area contributed by atoms with E-state index in [1.165, 1.54) is 6.07 Å². The fraction of sp³-hybridized carbons (Fsp3) is 0.133. The predicted octanol–water partition coefficient (Wildman–Crippen LogP) is 3.66. The molecule has 2 rings (SSSR count). The van der Waals surface area contributed by atoms with E-state index in [2.05, 4.69) is 21.2 Å². The van der Waals surface area contributed by atoms with E-state index < -0.39 is 6.04 Å². The van der Waals surface area contributed by atoms with E-state index in [1.54, 1.807) is 43.3 Å². The Labute approximate surface area is 125 Å². The molecule has 20 heavy (non-hydrogen) atoms. The highest BCUT2D eigenvalue weighted by Crippen LogP contribution is 2.21. The SMILES string of the molecule is C[C@@H](NC(=O)c1ccc(Br)cc1N)c1ccccc1F. The number of halogens is 2. The minimum atomic E-state index is -0.438. The second-order valence-electron chi connectivity index (χ2n) is 4.45. The first-order valence-corrected chi connectivity index (χ1v) is 6.88. The maximum atomic E-state index is 13.6. The summed E-state index contributed by atoms with van der Waals surface area (Å²) in [7, 11) is 0. The Balaban J connectivity index is 2.17. The van der Waals surface area contributed by atoms with Crippen LogP contribution in [0.4, 0.5) is 10.1 Å². The summed E-state index contributed by atoms with van der Waals surface area (Å²) in [5, 5.41) is 2.74. The number of benzene rings is 2. The molecule has 0 aliphatic rings. The third kappa shape index (κ3) is 3.17. The fourth-order valence-electron chi connectivity index (χ4n) is 1.92. The standard InChI is InChI=1S/C15H14BrFN2O/c1-9(11-4-2-3-5-13(11)17)19-15(20)12-7-6-10(16)8-14(12)18/h2-9H,18H2,1H3,(H,19,20)/t9-/m1/s1. The fourth-order valence-corrected chi connectivity index (χ4v) is 2.30. The minimum absolute atomic E-state index is 0.328. The number of carbonyl (C=O) groups excluding carboxylic acids is 1. The number of hydrogen-bond donors (Lipinski definition) is 2. The number of nitrogen functional groups attached to an aromatic ring is 1. The monoisotopic (exact) mass is 336 g/mol. The van der Waals surface area contributed by atoms with Gasteiger partial charge in [0.2, 0.25) is 0 Å². The molecule has 0 unspecified atom stereocenters. The molecule has 1 amide bonds. The van der Waals surface area contributed by atoms with Crippen molar-refractivity contribution < 1.29 is 9.18 Å². The second kappa shape index (κ2) is 6.05. The van der Waals surface area contributed by atoms with Crippen LogP contribution in [-0.2, 0) is 0 Å². The number of nitrogens with one attached hydrogen (secondary N) is 1. The Morgan fingerprint density at radius 2 is 2.00 bits per heavy atom. The van der Waals surface area contributed by atoms with Gasteiger partial charge in [-0.1, -0.05) is 34.1 Å². The van der Waals surface area contributed by atoms with E-state index >= 15 is 0 Å². The summed E-state index contributed by atoms with van der Waals surface area (Å²) >= 11 is 3.28. The van der Waals surface area contributed by atoms with Crippen molar-refractivity contribution in [3.63, 3.8) is 0 Å². The van der Waals surface area contributed by atoms with Crippen LogP contribution in [0.1, 0.15) is 28.9 Å². The molecule has 0 bridgehead atoms. The van der Waals surface area contributed by atoms with Crippen molar-refractivity contribution in [3.8, 4) is 0 Å². The molecule has 3 nitrogen and oxygen atoms in total. The molecular weight excluding hydrogens is 323 g/mol. The van der Waals surface area contributed by atoms with E-state index in [-0.39, 0.29) is 11.7 Å². The summed E-state index contributed by atoms with van der Waals surface area (Å²) < 4.78 is 14.4. The average molecular weight is 337 g/mol. The molecule has 104 valence electrons. The summed E-state index contributed by atoms with van der Waals surface area (Å²) in [4.78, 5) is 12.1. The lowest BCUT2D eigenvalue weighted by atomic mass is 10.1. The number of amides is 1. The van der Waals surface area contributed by atoms with Crippen LogP contribution in [0.5, 0.6) is 0 Å². The van der Waals surface area contributed by atoms with Crippen LogP contribution in [0.15, 0.2) is 46.9 Å². The Morgan fingerprint density at radius 1 is 1.30 bits per heavy atom. The van der Waals surface area contributed by atoms with Crippen molar-refractivity contribution >= 4 is 27.5 Å². The minimum Gasteiger partial charge on any atom is -0.398 e. The lowest BCUT2D eigenvalue weighted by Gasteiger charge is -2.16. The molecule has 2 aromatic rings. The van der Waals surface area contributed by atoms with E-state index in [4.69, 9.17) is 5.73 Å². The molecule has 0 aliphatic heterocycles. The van der Waals surface area contributed by atoms with Crippen molar-refractivity contribution in [1.82, 2.24) is 5.32 Å². The molecule has 0 aromatic heterocycles. The molecule has 0 heterocycles. The van der Waals surface area contributed by atoms with Gasteiger partial charge in [0.15, 0.2) is 0 Å². The van der Waals surface area contributed by atoms with Crippen molar-refractivity contribution in [3.05, 3.63) is 63.9 Å². The Bertz CT molecular complexity index is 646. The molecule has 1 atom stereocenters. The third-order valence-corrected chi connectivity index (χ3v) is 3.47. The Hall–Kier alpha value is -1.88. The quantitative estimate of drug-likeness (QED) is 0.840. The first-order valence-electron chi connectivity index (χ1n) is 6.09. The van der Waals surface area contributed by atoms with Crippen LogP contribution in [0.3, 0.4) is 0 Å². The number of carbonyl (C=O) groups is 1. The molecule has 0 spiro atoms.